The Morgan fingerprint density at radius 2 is 2.08 bits per heavy atom. The van der Waals surface area contributed by atoms with Crippen LogP contribution in [0.3, 0.4) is 0 Å². The van der Waals surface area contributed by atoms with Gasteiger partial charge < -0.3 is 10.1 Å². The number of pyridine rings is 1. The van der Waals surface area contributed by atoms with E-state index in [2.05, 4.69) is 15.4 Å². The van der Waals surface area contributed by atoms with Crippen LogP contribution >= 0.6 is 11.6 Å². The van der Waals surface area contributed by atoms with Gasteiger partial charge in [-0.3, -0.25) is 4.79 Å². The molecule has 0 saturated heterocycles. The number of ether oxygens (including phenoxy) is 1. The van der Waals surface area contributed by atoms with Gasteiger partial charge in [0.05, 0.1) is 29.6 Å². The number of nitrogens with one attached hydrogen (secondary N) is 1. The third kappa shape index (κ3) is 3.30. The number of anilines is 1. The molecule has 0 radical (unpaired) electrons. The largest absolute Gasteiger partial charge is 0.495 e. The third-order valence-electron chi connectivity index (χ3n) is 3.90. The van der Waals surface area contributed by atoms with E-state index < -0.39 is 0 Å². The van der Waals surface area contributed by atoms with E-state index in [4.69, 9.17) is 16.3 Å². The second-order valence-corrected chi connectivity index (χ2v) is 6.43. The Hall–Kier alpha value is -2.60. The van der Waals surface area contributed by atoms with Crippen LogP contribution in [0, 0.1) is 6.92 Å². The molecule has 0 bridgehead atoms. The number of hydrogen-bond acceptors (Lipinski definition) is 4. The summed E-state index contributed by atoms with van der Waals surface area (Å²) in [5.41, 5.74) is 2.51. The van der Waals surface area contributed by atoms with Crippen molar-refractivity contribution in [1.29, 1.82) is 0 Å². The van der Waals surface area contributed by atoms with Crippen molar-refractivity contribution in [2.24, 2.45) is 0 Å². The molecule has 6 nitrogen and oxygen atoms in total. The number of aryl methyl sites for hydroxylation is 1. The Labute approximate surface area is 150 Å². The van der Waals surface area contributed by atoms with Gasteiger partial charge in [0, 0.05) is 17.1 Å². The number of rotatable bonds is 4. The van der Waals surface area contributed by atoms with Crippen LogP contribution < -0.4 is 10.1 Å². The highest BCUT2D eigenvalue weighted by molar-refractivity contribution is 6.32. The van der Waals surface area contributed by atoms with Gasteiger partial charge in [-0.2, -0.15) is 5.10 Å². The monoisotopic (exact) mass is 358 g/mol. The molecule has 0 atom stereocenters. The first-order valence-corrected chi connectivity index (χ1v) is 8.28. The standard InChI is InChI=1S/C18H19ClN4O2/c1-10(2)23-17-12(9-20-23)7-14(11(3)21-17)18(24)22-13-5-6-16(25-4)15(19)8-13/h5-10H,1-4H3,(H,22,24). The SMILES string of the molecule is COc1ccc(NC(=O)c2cc3cnn(C(C)C)c3nc2C)cc1Cl. The molecule has 0 saturated carbocycles. The highest BCUT2D eigenvalue weighted by Gasteiger charge is 2.16. The van der Waals surface area contributed by atoms with Crippen molar-refractivity contribution in [3.05, 3.63) is 46.7 Å². The first-order valence-electron chi connectivity index (χ1n) is 7.90. The number of hydrogen-bond donors (Lipinski definition) is 1. The van der Waals surface area contributed by atoms with Gasteiger partial charge in [-0.05, 0) is 45.0 Å². The average molecular weight is 359 g/mol. The molecule has 0 fully saturated rings. The number of fused-ring (bicyclic) bond motifs is 1. The van der Waals surface area contributed by atoms with Gasteiger partial charge >= 0.3 is 0 Å². The maximum Gasteiger partial charge on any atom is 0.257 e. The lowest BCUT2D eigenvalue weighted by Gasteiger charge is -2.11. The normalized spacial score (nSPS) is 11.1. The van der Waals surface area contributed by atoms with E-state index in [9.17, 15) is 4.79 Å². The fourth-order valence-electron chi connectivity index (χ4n) is 2.62. The maximum absolute atomic E-state index is 12.6. The van der Waals surface area contributed by atoms with Gasteiger partial charge in [0.1, 0.15) is 5.75 Å². The van der Waals surface area contributed by atoms with Crippen molar-refractivity contribution in [3.63, 3.8) is 0 Å². The van der Waals surface area contributed by atoms with Gasteiger partial charge in [-0.1, -0.05) is 11.6 Å². The van der Waals surface area contributed by atoms with Gasteiger partial charge in [0.15, 0.2) is 5.65 Å². The van der Waals surface area contributed by atoms with E-state index in [1.807, 2.05) is 31.5 Å². The highest BCUT2D eigenvalue weighted by atomic mass is 35.5. The lowest BCUT2D eigenvalue weighted by molar-refractivity contribution is 0.102. The number of halogens is 1. The molecular weight excluding hydrogens is 340 g/mol. The fourth-order valence-corrected chi connectivity index (χ4v) is 2.87. The van der Waals surface area contributed by atoms with Crippen LogP contribution in [-0.2, 0) is 0 Å². The molecule has 1 amide bonds. The zero-order valence-corrected chi connectivity index (χ0v) is 15.3. The molecule has 3 rings (SSSR count). The zero-order valence-electron chi connectivity index (χ0n) is 14.5. The molecule has 0 spiro atoms. The van der Waals surface area contributed by atoms with Crippen LogP contribution in [0.4, 0.5) is 5.69 Å². The van der Waals surface area contributed by atoms with Gasteiger partial charge in [-0.15, -0.1) is 0 Å². The maximum atomic E-state index is 12.6. The number of benzene rings is 1. The minimum Gasteiger partial charge on any atom is -0.495 e. The Balaban J connectivity index is 1.92. The van der Waals surface area contributed by atoms with Crippen molar-refractivity contribution < 1.29 is 9.53 Å². The molecule has 2 aromatic heterocycles. The number of methoxy groups -OCH3 is 1. The van der Waals surface area contributed by atoms with E-state index in [0.29, 0.717) is 27.7 Å². The third-order valence-corrected chi connectivity index (χ3v) is 4.20. The quantitative estimate of drug-likeness (QED) is 0.757. The first kappa shape index (κ1) is 17.2. The Morgan fingerprint density at radius 1 is 1.32 bits per heavy atom. The smallest absolute Gasteiger partial charge is 0.257 e. The topological polar surface area (TPSA) is 69.0 Å². The predicted octanol–water partition coefficient (Wildman–Crippen LogP) is 4.23. The van der Waals surface area contributed by atoms with Gasteiger partial charge in [0.25, 0.3) is 5.91 Å². The second-order valence-electron chi connectivity index (χ2n) is 6.02. The molecule has 2 heterocycles. The summed E-state index contributed by atoms with van der Waals surface area (Å²) in [5, 5.41) is 8.45. The van der Waals surface area contributed by atoms with E-state index in [-0.39, 0.29) is 11.9 Å². The van der Waals surface area contributed by atoms with E-state index in [0.717, 1.165) is 11.0 Å². The first-order chi connectivity index (χ1) is 11.9. The predicted molar refractivity (Wildman–Crippen MR) is 98.6 cm³/mol. The van der Waals surface area contributed by atoms with Crippen molar-refractivity contribution in [1.82, 2.24) is 14.8 Å². The molecule has 0 unspecified atom stereocenters. The van der Waals surface area contributed by atoms with E-state index >= 15 is 0 Å². The lowest BCUT2D eigenvalue weighted by atomic mass is 10.1. The zero-order chi connectivity index (χ0) is 18.1. The number of carbonyl (C=O) groups is 1. The fraction of sp³-hybridized carbons (Fsp3) is 0.278. The summed E-state index contributed by atoms with van der Waals surface area (Å²) in [6, 6.07) is 7.10. The summed E-state index contributed by atoms with van der Waals surface area (Å²) >= 11 is 6.10. The van der Waals surface area contributed by atoms with Crippen molar-refractivity contribution >= 4 is 34.2 Å². The average Bonchev–Trinajstić information content (AvgIpc) is 2.97. The van der Waals surface area contributed by atoms with Crippen molar-refractivity contribution in [2.45, 2.75) is 26.8 Å². The second kappa shape index (κ2) is 6.72. The molecule has 1 N–H and O–H groups in total. The lowest BCUT2D eigenvalue weighted by Crippen LogP contribution is -2.14. The molecule has 7 heteroatoms. The summed E-state index contributed by atoms with van der Waals surface area (Å²) in [6.45, 7) is 5.89. The molecule has 0 aliphatic carbocycles. The van der Waals surface area contributed by atoms with Crippen LogP contribution in [0.1, 0.15) is 35.9 Å². The molecular formula is C18H19ClN4O2. The molecule has 25 heavy (non-hydrogen) atoms. The summed E-state index contributed by atoms with van der Waals surface area (Å²) in [4.78, 5) is 17.2. The van der Waals surface area contributed by atoms with Gasteiger partial charge in [-0.25, -0.2) is 9.67 Å². The summed E-state index contributed by atoms with van der Waals surface area (Å²) in [6.07, 6.45) is 1.73. The highest BCUT2D eigenvalue weighted by Crippen LogP contribution is 2.28. The van der Waals surface area contributed by atoms with E-state index in [1.54, 1.807) is 31.5 Å². The Bertz CT molecular complexity index is 950. The van der Waals surface area contributed by atoms with Crippen molar-refractivity contribution in [2.75, 3.05) is 12.4 Å². The van der Waals surface area contributed by atoms with Gasteiger partial charge in [0.2, 0.25) is 0 Å². The van der Waals surface area contributed by atoms with Crippen LogP contribution in [-0.4, -0.2) is 27.8 Å². The number of amides is 1. The van der Waals surface area contributed by atoms with Crippen LogP contribution in [0.25, 0.3) is 11.0 Å². The molecule has 0 aliphatic heterocycles. The number of aromatic nitrogens is 3. The van der Waals surface area contributed by atoms with Crippen molar-refractivity contribution in [3.8, 4) is 5.75 Å². The summed E-state index contributed by atoms with van der Waals surface area (Å²) in [7, 11) is 1.54. The molecule has 1 aromatic carbocycles. The molecule has 130 valence electrons. The molecule has 3 aromatic rings. The molecule has 0 aliphatic rings. The van der Waals surface area contributed by atoms with E-state index in [1.165, 1.54) is 0 Å². The summed E-state index contributed by atoms with van der Waals surface area (Å²) in [5.74, 6) is 0.311. The number of nitrogens with zero attached hydrogens (tertiary/aromatic N) is 3. The Morgan fingerprint density at radius 3 is 2.72 bits per heavy atom. The minimum absolute atomic E-state index is 0.200. The number of carbonyl (C=O) groups excluding carboxylic acids is 1. The minimum atomic E-state index is -0.245. The summed E-state index contributed by atoms with van der Waals surface area (Å²) < 4.78 is 6.96. The van der Waals surface area contributed by atoms with Crippen LogP contribution in [0.15, 0.2) is 30.5 Å². The van der Waals surface area contributed by atoms with Crippen LogP contribution in [0.2, 0.25) is 5.02 Å². The Kier molecular flexibility index (Phi) is 4.63. The van der Waals surface area contributed by atoms with Crippen LogP contribution in [0.5, 0.6) is 5.75 Å².